The Labute approximate surface area is 147 Å². The molecule has 0 aliphatic rings. The molecule has 0 saturated heterocycles. The number of thiophene rings is 1. The smallest absolute Gasteiger partial charge is 0.133 e. The van der Waals surface area contributed by atoms with Crippen LogP contribution in [0.5, 0.6) is 5.75 Å². The molecule has 0 radical (unpaired) electrons. The van der Waals surface area contributed by atoms with Gasteiger partial charge in [0.05, 0.1) is 20.9 Å². The molecule has 2 nitrogen and oxygen atoms in total. The fourth-order valence-corrected chi connectivity index (χ4v) is 4.16. The lowest BCUT2D eigenvalue weighted by atomic mass is 10.0. The average molecular weight is 433 g/mol. The van der Waals surface area contributed by atoms with E-state index in [0.29, 0.717) is 6.61 Å². The molecular weight excluding hydrogens is 414 g/mol. The molecule has 114 valence electrons. The number of halogens is 2. The van der Waals surface area contributed by atoms with Gasteiger partial charge in [0.15, 0.2) is 0 Å². The van der Waals surface area contributed by atoms with E-state index in [1.54, 1.807) is 11.3 Å². The van der Waals surface area contributed by atoms with E-state index in [1.165, 1.54) is 10.4 Å². The highest BCUT2D eigenvalue weighted by molar-refractivity contribution is 9.11. The van der Waals surface area contributed by atoms with Gasteiger partial charge in [0, 0.05) is 4.88 Å². The van der Waals surface area contributed by atoms with Crippen LogP contribution in [0.2, 0.25) is 0 Å². The molecule has 1 aromatic carbocycles. The predicted molar refractivity (Wildman–Crippen MR) is 97.5 cm³/mol. The quantitative estimate of drug-likeness (QED) is 0.600. The van der Waals surface area contributed by atoms with E-state index in [2.05, 4.69) is 68.4 Å². The number of benzene rings is 1. The van der Waals surface area contributed by atoms with Gasteiger partial charge in [-0.05, 0) is 81.6 Å². The summed E-state index contributed by atoms with van der Waals surface area (Å²) in [6.07, 6.45) is 1.11. The molecule has 5 heteroatoms. The van der Waals surface area contributed by atoms with Gasteiger partial charge in [0.25, 0.3) is 0 Å². The normalized spacial score (nSPS) is 12.4. The lowest BCUT2D eigenvalue weighted by Gasteiger charge is -2.19. The molecule has 0 spiro atoms. The van der Waals surface area contributed by atoms with E-state index >= 15 is 0 Å². The number of rotatable bonds is 7. The molecule has 0 saturated carbocycles. The van der Waals surface area contributed by atoms with Crippen LogP contribution in [0.3, 0.4) is 0 Å². The molecule has 1 atom stereocenters. The number of hydrogen-bond acceptors (Lipinski definition) is 3. The maximum Gasteiger partial charge on any atom is 0.133 e. The SMILES string of the molecule is CCCNC(c1ccc(OCC)c(Br)c1)c1ccc(Br)s1. The molecule has 1 N–H and O–H groups in total. The molecular formula is C16H19Br2NOS. The topological polar surface area (TPSA) is 21.3 Å². The minimum Gasteiger partial charge on any atom is -0.493 e. The summed E-state index contributed by atoms with van der Waals surface area (Å²) in [5.74, 6) is 0.892. The summed E-state index contributed by atoms with van der Waals surface area (Å²) >= 11 is 8.92. The maximum atomic E-state index is 5.59. The lowest BCUT2D eigenvalue weighted by Crippen LogP contribution is -2.22. The van der Waals surface area contributed by atoms with Crippen molar-refractivity contribution in [3.8, 4) is 5.75 Å². The molecule has 21 heavy (non-hydrogen) atoms. The van der Waals surface area contributed by atoms with E-state index in [1.807, 2.05) is 13.0 Å². The lowest BCUT2D eigenvalue weighted by molar-refractivity contribution is 0.338. The van der Waals surface area contributed by atoms with Crippen molar-refractivity contribution in [3.63, 3.8) is 0 Å². The van der Waals surface area contributed by atoms with Gasteiger partial charge in [0.1, 0.15) is 5.75 Å². The van der Waals surface area contributed by atoms with E-state index in [0.717, 1.165) is 27.0 Å². The van der Waals surface area contributed by atoms with E-state index in [4.69, 9.17) is 4.74 Å². The van der Waals surface area contributed by atoms with Crippen LogP contribution in [-0.4, -0.2) is 13.2 Å². The zero-order chi connectivity index (χ0) is 15.2. The van der Waals surface area contributed by atoms with Crippen molar-refractivity contribution in [2.45, 2.75) is 26.3 Å². The summed E-state index contributed by atoms with van der Waals surface area (Å²) in [7, 11) is 0. The highest BCUT2D eigenvalue weighted by atomic mass is 79.9. The Morgan fingerprint density at radius 1 is 1.19 bits per heavy atom. The molecule has 1 unspecified atom stereocenters. The highest BCUT2D eigenvalue weighted by Crippen LogP contribution is 2.34. The Morgan fingerprint density at radius 2 is 2.00 bits per heavy atom. The van der Waals surface area contributed by atoms with Crippen LogP contribution in [0.15, 0.2) is 38.6 Å². The summed E-state index contributed by atoms with van der Waals surface area (Å²) in [4.78, 5) is 1.31. The van der Waals surface area contributed by atoms with Gasteiger partial charge in [-0.15, -0.1) is 11.3 Å². The first-order valence-corrected chi connectivity index (χ1v) is 9.46. The van der Waals surface area contributed by atoms with E-state index in [-0.39, 0.29) is 6.04 Å². The van der Waals surface area contributed by atoms with Gasteiger partial charge in [-0.2, -0.15) is 0 Å². The molecule has 0 aliphatic heterocycles. The second-order valence-corrected chi connectivity index (χ2v) is 8.00. The Morgan fingerprint density at radius 3 is 2.57 bits per heavy atom. The Bertz CT molecular complexity index is 585. The molecule has 0 amide bonds. The Hall–Kier alpha value is -0.360. The van der Waals surface area contributed by atoms with Crippen molar-refractivity contribution in [1.82, 2.24) is 5.32 Å². The first-order chi connectivity index (χ1) is 10.2. The summed E-state index contributed by atoms with van der Waals surface area (Å²) in [6, 6.07) is 10.8. The largest absolute Gasteiger partial charge is 0.493 e. The van der Waals surface area contributed by atoms with Crippen molar-refractivity contribution in [2.75, 3.05) is 13.2 Å². The third-order valence-corrected chi connectivity index (χ3v) is 5.37. The first-order valence-electron chi connectivity index (χ1n) is 7.06. The number of ether oxygens (including phenoxy) is 1. The van der Waals surface area contributed by atoms with Gasteiger partial charge in [-0.25, -0.2) is 0 Å². The van der Waals surface area contributed by atoms with Crippen molar-refractivity contribution in [1.29, 1.82) is 0 Å². The van der Waals surface area contributed by atoms with Crippen LogP contribution in [-0.2, 0) is 0 Å². The summed E-state index contributed by atoms with van der Waals surface area (Å²) in [6.45, 7) is 5.84. The fraction of sp³-hybridized carbons (Fsp3) is 0.375. The molecule has 1 aromatic heterocycles. The summed E-state index contributed by atoms with van der Waals surface area (Å²) in [5, 5.41) is 3.62. The average Bonchev–Trinajstić information content (AvgIpc) is 2.89. The monoisotopic (exact) mass is 431 g/mol. The second-order valence-electron chi connectivity index (χ2n) is 4.65. The van der Waals surface area contributed by atoms with Crippen molar-refractivity contribution >= 4 is 43.2 Å². The van der Waals surface area contributed by atoms with Gasteiger partial charge < -0.3 is 10.1 Å². The zero-order valence-electron chi connectivity index (χ0n) is 12.2. The standard InChI is InChI=1S/C16H19Br2NOS/c1-3-9-19-16(14-7-8-15(18)21-14)11-5-6-13(20-4-2)12(17)10-11/h5-8,10,16,19H,3-4,9H2,1-2H3. The zero-order valence-corrected chi connectivity index (χ0v) is 16.1. The number of nitrogens with one attached hydrogen (secondary N) is 1. The minimum absolute atomic E-state index is 0.216. The van der Waals surface area contributed by atoms with Crippen molar-refractivity contribution < 1.29 is 4.74 Å². The maximum absolute atomic E-state index is 5.59. The molecule has 0 aliphatic carbocycles. The van der Waals surface area contributed by atoms with Crippen LogP contribution in [0.1, 0.15) is 36.8 Å². The molecule has 0 bridgehead atoms. The van der Waals surface area contributed by atoms with E-state index < -0.39 is 0 Å². The van der Waals surface area contributed by atoms with Crippen molar-refractivity contribution in [3.05, 3.63) is 49.0 Å². The minimum atomic E-state index is 0.216. The van der Waals surface area contributed by atoms with Crippen LogP contribution >= 0.6 is 43.2 Å². The van der Waals surface area contributed by atoms with Crippen LogP contribution in [0.4, 0.5) is 0 Å². The summed E-state index contributed by atoms with van der Waals surface area (Å²) < 4.78 is 7.75. The molecule has 0 fully saturated rings. The first kappa shape index (κ1) is 17.0. The predicted octanol–water partition coefficient (Wildman–Crippen LogP) is 5.76. The van der Waals surface area contributed by atoms with Crippen LogP contribution in [0.25, 0.3) is 0 Å². The summed E-state index contributed by atoms with van der Waals surface area (Å²) in [5.41, 5.74) is 1.24. The van der Waals surface area contributed by atoms with Gasteiger partial charge in [-0.3, -0.25) is 0 Å². The Balaban J connectivity index is 2.30. The van der Waals surface area contributed by atoms with Crippen LogP contribution in [0, 0.1) is 0 Å². The van der Waals surface area contributed by atoms with Gasteiger partial charge >= 0.3 is 0 Å². The van der Waals surface area contributed by atoms with Crippen LogP contribution < -0.4 is 10.1 Å². The van der Waals surface area contributed by atoms with Gasteiger partial charge in [0.2, 0.25) is 0 Å². The highest BCUT2D eigenvalue weighted by Gasteiger charge is 2.16. The molecule has 1 heterocycles. The third kappa shape index (κ3) is 4.55. The van der Waals surface area contributed by atoms with Crippen molar-refractivity contribution in [2.24, 2.45) is 0 Å². The van der Waals surface area contributed by atoms with Gasteiger partial charge in [-0.1, -0.05) is 13.0 Å². The molecule has 2 aromatic rings. The second kappa shape index (κ2) is 8.32. The number of hydrogen-bond donors (Lipinski definition) is 1. The third-order valence-electron chi connectivity index (χ3n) is 3.07. The molecule has 2 rings (SSSR count). The Kier molecular flexibility index (Phi) is 6.74. The fourth-order valence-electron chi connectivity index (χ4n) is 2.12. The van der Waals surface area contributed by atoms with E-state index in [9.17, 15) is 0 Å².